The summed E-state index contributed by atoms with van der Waals surface area (Å²) >= 11 is 0. The van der Waals surface area contributed by atoms with Gasteiger partial charge in [-0.05, 0) is 12.1 Å². The average Bonchev–Trinajstić information content (AvgIpc) is 2.03. The first-order chi connectivity index (χ1) is 5.66. The minimum atomic E-state index is -1.33. The Morgan fingerprint density at radius 1 is 1.54 bits per heavy atom. The number of ether oxygens (including phenoxy) is 1. The molecule has 0 bridgehead atoms. The molecular formula is C8H8FKO3. The summed E-state index contributed by atoms with van der Waals surface area (Å²) in [6.07, 6.45) is 0. The van der Waals surface area contributed by atoms with E-state index >= 15 is 0 Å². The van der Waals surface area contributed by atoms with Crippen LogP contribution in [0.1, 0.15) is 10.4 Å². The number of benzene rings is 1. The molecule has 0 unspecified atom stereocenters. The summed E-state index contributed by atoms with van der Waals surface area (Å²) in [5, 5.41) is 8.56. The van der Waals surface area contributed by atoms with Gasteiger partial charge in [0.25, 0.3) is 0 Å². The maximum absolute atomic E-state index is 12.8. The van der Waals surface area contributed by atoms with Crippen LogP contribution in [0, 0.1) is 5.82 Å². The molecule has 0 saturated heterocycles. The quantitative estimate of drug-likeness (QED) is 0.737. The van der Waals surface area contributed by atoms with Gasteiger partial charge in [0.05, 0.1) is 7.11 Å². The van der Waals surface area contributed by atoms with E-state index in [4.69, 9.17) is 5.11 Å². The van der Waals surface area contributed by atoms with Crippen LogP contribution in [-0.2, 0) is 0 Å². The Bertz CT molecular complexity index is 314. The monoisotopic (exact) mass is 210 g/mol. The normalized spacial score (nSPS) is 8.77. The van der Waals surface area contributed by atoms with E-state index in [0.717, 1.165) is 6.07 Å². The van der Waals surface area contributed by atoms with Crippen molar-refractivity contribution in [2.75, 3.05) is 7.11 Å². The van der Waals surface area contributed by atoms with Crippen LogP contribution in [0.25, 0.3) is 0 Å². The van der Waals surface area contributed by atoms with Crippen molar-refractivity contribution in [2.45, 2.75) is 0 Å². The number of hydrogen-bond donors (Lipinski definition) is 1. The third-order valence-corrected chi connectivity index (χ3v) is 1.41. The Balaban J connectivity index is 0.00000144. The minimum absolute atomic E-state index is 0. The molecule has 0 aromatic heterocycles. The fourth-order valence-electron chi connectivity index (χ4n) is 0.882. The predicted octanol–water partition coefficient (Wildman–Crippen LogP) is 0.884. The zero-order valence-electron chi connectivity index (χ0n) is 6.37. The number of methoxy groups -OCH3 is 1. The number of carboxylic acid groups (broad SMARTS) is 1. The van der Waals surface area contributed by atoms with E-state index in [1.54, 1.807) is 0 Å². The Labute approximate surface area is 117 Å². The summed E-state index contributed by atoms with van der Waals surface area (Å²) in [5.74, 6) is -2.09. The molecule has 1 rings (SSSR count). The molecule has 0 atom stereocenters. The number of halogens is 1. The molecule has 0 radical (unpaired) electrons. The molecular weight excluding hydrogens is 202 g/mol. The van der Waals surface area contributed by atoms with Crippen LogP contribution in [0.3, 0.4) is 0 Å². The van der Waals surface area contributed by atoms with Crippen molar-refractivity contribution >= 4 is 57.4 Å². The van der Waals surface area contributed by atoms with E-state index in [1.807, 2.05) is 0 Å². The number of carbonyl (C=O) groups is 1. The first-order valence-electron chi connectivity index (χ1n) is 3.22. The molecule has 0 spiro atoms. The molecule has 0 aliphatic heterocycles. The molecule has 66 valence electrons. The Hall–Kier alpha value is 0.0564. The second-order valence-electron chi connectivity index (χ2n) is 2.12. The summed E-state index contributed by atoms with van der Waals surface area (Å²) in [4.78, 5) is 10.5. The van der Waals surface area contributed by atoms with Gasteiger partial charge >= 0.3 is 57.4 Å². The first-order valence-corrected chi connectivity index (χ1v) is 3.22. The van der Waals surface area contributed by atoms with Crippen molar-refractivity contribution in [2.24, 2.45) is 0 Å². The van der Waals surface area contributed by atoms with Crippen LogP contribution < -0.4 is 4.74 Å². The molecule has 1 N–H and O–H groups in total. The van der Waals surface area contributed by atoms with E-state index < -0.39 is 17.3 Å². The third-order valence-electron chi connectivity index (χ3n) is 1.41. The van der Waals surface area contributed by atoms with Gasteiger partial charge in [0.2, 0.25) is 0 Å². The van der Waals surface area contributed by atoms with Crippen molar-refractivity contribution in [3.8, 4) is 5.75 Å². The van der Waals surface area contributed by atoms with Crippen molar-refractivity contribution in [3.63, 3.8) is 0 Å². The van der Waals surface area contributed by atoms with Crippen molar-refractivity contribution in [1.82, 2.24) is 0 Å². The van der Waals surface area contributed by atoms with Crippen LogP contribution in [-0.4, -0.2) is 69.6 Å². The van der Waals surface area contributed by atoms with E-state index in [-0.39, 0.29) is 57.1 Å². The van der Waals surface area contributed by atoms with Crippen LogP contribution in [0.15, 0.2) is 18.2 Å². The van der Waals surface area contributed by atoms with E-state index in [1.165, 1.54) is 19.2 Å². The molecule has 1 aromatic rings. The van der Waals surface area contributed by atoms with E-state index in [9.17, 15) is 9.18 Å². The summed E-state index contributed by atoms with van der Waals surface area (Å²) in [7, 11) is 1.29. The van der Waals surface area contributed by atoms with Gasteiger partial charge in [0.1, 0.15) is 17.1 Å². The van der Waals surface area contributed by atoms with E-state index in [2.05, 4.69) is 4.74 Å². The fraction of sp³-hybridized carbons (Fsp3) is 0.125. The molecule has 0 fully saturated rings. The zero-order chi connectivity index (χ0) is 9.14. The van der Waals surface area contributed by atoms with Crippen molar-refractivity contribution in [1.29, 1.82) is 0 Å². The molecule has 1 aromatic carbocycles. The Kier molecular flexibility index (Phi) is 5.74. The van der Waals surface area contributed by atoms with Crippen LogP contribution >= 0.6 is 0 Å². The Morgan fingerprint density at radius 2 is 2.15 bits per heavy atom. The maximum atomic E-state index is 12.8. The molecule has 3 nitrogen and oxygen atoms in total. The standard InChI is InChI=1S/C8H7FO3.K.H/c1-12-6-4-2-3-5(9)7(6)8(10)11;;/h2-4H,1H3,(H,10,11);;. The summed E-state index contributed by atoms with van der Waals surface area (Å²) in [5.41, 5.74) is -0.431. The number of hydrogen-bond acceptors (Lipinski definition) is 2. The molecule has 0 amide bonds. The molecule has 0 saturated carbocycles. The van der Waals surface area contributed by atoms with Crippen LogP contribution in [0.5, 0.6) is 5.75 Å². The molecule has 0 aliphatic carbocycles. The van der Waals surface area contributed by atoms with Crippen LogP contribution in [0.4, 0.5) is 4.39 Å². The summed E-state index contributed by atoms with van der Waals surface area (Å²) in [6.45, 7) is 0. The van der Waals surface area contributed by atoms with Crippen molar-refractivity contribution in [3.05, 3.63) is 29.6 Å². The van der Waals surface area contributed by atoms with Gasteiger partial charge in [0.15, 0.2) is 0 Å². The summed E-state index contributed by atoms with van der Waals surface area (Å²) < 4.78 is 17.5. The number of rotatable bonds is 2. The average molecular weight is 210 g/mol. The van der Waals surface area contributed by atoms with Gasteiger partial charge in [-0.25, -0.2) is 9.18 Å². The molecule has 0 aliphatic rings. The third kappa shape index (κ3) is 3.03. The van der Waals surface area contributed by atoms with Gasteiger partial charge in [-0.3, -0.25) is 0 Å². The number of carboxylic acids is 1. The predicted molar refractivity (Wildman–Crippen MR) is 47.1 cm³/mol. The van der Waals surface area contributed by atoms with Gasteiger partial charge in [-0.2, -0.15) is 0 Å². The second kappa shape index (κ2) is 5.72. The van der Waals surface area contributed by atoms with Crippen molar-refractivity contribution < 1.29 is 19.0 Å². The molecule has 13 heavy (non-hydrogen) atoms. The van der Waals surface area contributed by atoms with Gasteiger partial charge < -0.3 is 9.84 Å². The molecule has 5 heteroatoms. The van der Waals surface area contributed by atoms with Gasteiger partial charge in [0, 0.05) is 0 Å². The van der Waals surface area contributed by atoms with Gasteiger partial charge in [-0.15, -0.1) is 0 Å². The topological polar surface area (TPSA) is 46.5 Å². The number of aromatic carboxylic acids is 1. The summed E-state index contributed by atoms with van der Waals surface area (Å²) in [6, 6.07) is 3.86. The Morgan fingerprint density at radius 3 is 2.54 bits per heavy atom. The van der Waals surface area contributed by atoms with E-state index in [0.29, 0.717) is 0 Å². The van der Waals surface area contributed by atoms with Crippen LogP contribution in [0.2, 0.25) is 0 Å². The molecule has 0 heterocycles. The van der Waals surface area contributed by atoms with Gasteiger partial charge in [-0.1, -0.05) is 6.07 Å². The zero-order valence-corrected chi connectivity index (χ0v) is 6.37. The first kappa shape index (κ1) is 13.1. The SMILES string of the molecule is COc1cccc(F)c1C(=O)O.[KH]. The second-order valence-corrected chi connectivity index (χ2v) is 2.12. The fourth-order valence-corrected chi connectivity index (χ4v) is 0.882.